The van der Waals surface area contributed by atoms with Crippen LogP contribution in [0.1, 0.15) is 49.9 Å². The molecule has 2 aliphatic carbocycles. The molecule has 0 spiro atoms. The third kappa shape index (κ3) is 5.14. The fourth-order valence-corrected chi connectivity index (χ4v) is 9.64. The van der Waals surface area contributed by atoms with Crippen molar-refractivity contribution >= 4 is 17.1 Å². The molecule has 0 N–H and O–H groups in total. The van der Waals surface area contributed by atoms with Crippen molar-refractivity contribution in [1.82, 2.24) is 0 Å². The highest BCUT2D eigenvalue weighted by Crippen LogP contribution is 2.55. The average Bonchev–Trinajstić information content (AvgIpc) is 3.62. The lowest BCUT2D eigenvalue weighted by Gasteiger charge is -2.29. The average molecular weight is 706 g/mol. The molecule has 264 valence electrons. The molecule has 0 atom stereocenters. The van der Waals surface area contributed by atoms with Gasteiger partial charge in [-0.25, -0.2) is 0 Å². The van der Waals surface area contributed by atoms with Crippen LogP contribution in [0.25, 0.3) is 55.6 Å². The lowest BCUT2D eigenvalue weighted by atomic mass is 9.79. The van der Waals surface area contributed by atoms with Gasteiger partial charge >= 0.3 is 0 Å². The van der Waals surface area contributed by atoms with Crippen LogP contribution in [-0.2, 0) is 10.8 Å². The fraction of sp³-hybridized carbons (Fsp3) is 0.111. The highest BCUT2D eigenvalue weighted by molar-refractivity contribution is 5.98. The maximum absolute atomic E-state index is 2.45. The first-order valence-electron chi connectivity index (χ1n) is 19.4. The van der Waals surface area contributed by atoms with Crippen LogP contribution in [0.3, 0.4) is 0 Å². The van der Waals surface area contributed by atoms with Crippen molar-refractivity contribution in [2.45, 2.75) is 38.5 Å². The molecular formula is C54H43N. The van der Waals surface area contributed by atoms with Crippen LogP contribution in [0, 0.1) is 0 Å². The van der Waals surface area contributed by atoms with Gasteiger partial charge in [0.05, 0.1) is 5.69 Å². The molecule has 55 heavy (non-hydrogen) atoms. The number of rotatable bonds is 6. The Balaban J connectivity index is 1.15. The Labute approximate surface area is 325 Å². The quantitative estimate of drug-likeness (QED) is 0.166. The Hall–Kier alpha value is -6.44. The van der Waals surface area contributed by atoms with Gasteiger partial charge in [0, 0.05) is 27.8 Å². The van der Waals surface area contributed by atoms with Crippen molar-refractivity contribution in [2.75, 3.05) is 4.90 Å². The van der Waals surface area contributed by atoms with E-state index >= 15 is 0 Å². The lowest BCUT2D eigenvalue weighted by Crippen LogP contribution is -2.16. The van der Waals surface area contributed by atoms with Gasteiger partial charge in [0.1, 0.15) is 0 Å². The SMILES string of the molecule is CC1(C)c2ccccc2-c2c(-c3ccccc3N(c3ccc(-c4cccc5c4C(C)(C)c4ccccc4-5)cc3)c3cccc(-c4ccccc4)c3)cccc21. The van der Waals surface area contributed by atoms with Crippen molar-refractivity contribution in [3.8, 4) is 55.6 Å². The van der Waals surface area contributed by atoms with Crippen LogP contribution in [0.2, 0.25) is 0 Å². The molecule has 0 amide bonds. The third-order valence-corrected chi connectivity index (χ3v) is 12.3. The van der Waals surface area contributed by atoms with Crippen molar-refractivity contribution in [1.29, 1.82) is 0 Å². The Bertz CT molecular complexity index is 2750. The summed E-state index contributed by atoms with van der Waals surface area (Å²) in [7, 11) is 0. The third-order valence-electron chi connectivity index (χ3n) is 12.3. The molecule has 1 nitrogen and oxygen atoms in total. The first-order chi connectivity index (χ1) is 26.8. The molecule has 0 heterocycles. The molecule has 8 aromatic carbocycles. The predicted octanol–water partition coefficient (Wildman–Crippen LogP) is 14.8. The lowest BCUT2D eigenvalue weighted by molar-refractivity contribution is 0.660. The summed E-state index contributed by atoms with van der Waals surface area (Å²) in [5.41, 5.74) is 21.5. The zero-order valence-electron chi connectivity index (χ0n) is 31.8. The molecule has 0 saturated carbocycles. The van der Waals surface area contributed by atoms with Gasteiger partial charge in [-0.2, -0.15) is 0 Å². The van der Waals surface area contributed by atoms with E-state index < -0.39 is 0 Å². The standard InChI is InChI=1S/C54H43N/c1-53(2)48-28-12-9-23-46(48)51-44(25-16-29-49(51)53)43-22-10-13-30-50(43)55(40-20-14-19-38(35-40)36-17-6-5-7-18-36)39-33-31-37(32-34-39)41-24-15-26-45-42-21-8-11-27-47(42)54(3,4)52(41)45/h5-35H,1-4H3. The van der Waals surface area contributed by atoms with Gasteiger partial charge in [0.2, 0.25) is 0 Å². The van der Waals surface area contributed by atoms with Crippen LogP contribution in [-0.4, -0.2) is 0 Å². The molecule has 0 aromatic heterocycles. The van der Waals surface area contributed by atoms with Crippen LogP contribution in [0.4, 0.5) is 17.1 Å². The Kier molecular flexibility index (Phi) is 7.58. The van der Waals surface area contributed by atoms with Crippen LogP contribution < -0.4 is 4.90 Å². The highest BCUT2D eigenvalue weighted by Gasteiger charge is 2.38. The van der Waals surface area contributed by atoms with E-state index in [1.54, 1.807) is 0 Å². The topological polar surface area (TPSA) is 3.24 Å². The minimum Gasteiger partial charge on any atom is -0.310 e. The van der Waals surface area contributed by atoms with Gasteiger partial charge in [0.25, 0.3) is 0 Å². The normalized spacial score (nSPS) is 14.1. The van der Waals surface area contributed by atoms with Gasteiger partial charge < -0.3 is 4.90 Å². The number of benzene rings is 8. The second kappa shape index (κ2) is 12.6. The molecule has 8 aromatic rings. The monoisotopic (exact) mass is 705 g/mol. The first kappa shape index (κ1) is 33.2. The maximum atomic E-state index is 2.45. The highest BCUT2D eigenvalue weighted by atomic mass is 15.1. The zero-order chi connectivity index (χ0) is 37.3. The van der Waals surface area contributed by atoms with Crippen molar-refractivity contribution in [3.63, 3.8) is 0 Å². The van der Waals surface area contributed by atoms with Crippen molar-refractivity contribution in [2.24, 2.45) is 0 Å². The number of fused-ring (bicyclic) bond motifs is 6. The molecule has 0 unspecified atom stereocenters. The Morgan fingerprint density at radius 1 is 0.327 bits per heavy atom. The number of nitrogens with zero attached hydrogens (tertiary/aromatic N) is 1. The van der Waals surface area contributed by atoms with E-state index in [9.17, 15) is 0 Å². The van der Waals surface area contributed by atoms with E-state index in [1.807, 2.05) is 0 Å². The summed E-state index contributed by atoms with van der Waals surface area (Å²) in [5.74, 6) is 0. The van der Waals surface area contributed by atoms with Gasteiger partial charge in [-0.1, -0.05) is 185 Å². The summed E-state index contributed by atoms with van der Waals surface area (Å²) in [6.45, 7) is 9.46. The second-order valence-electron chi connectivity index (χ2n) is 16.1. The van der Waals surface area contributed by atoms with E-state index in [0.29, 0.717) is 0 Å². The van der Waals surface area contributed by atoms with E-state index in [4.69, 9.17) is 0 Å². The molecule has 2 aliphatic rings. The summed E-state index contributed by atoms with van der Waals surface area (Å²) in [4.78, 5) is 2.45. The van der Waals surface area contributed by atoms with Gasteiger partial charge in [0.15, 0.2) is 0 Å². The summed E-state index contributed by atoms with van der Waals surface area (Å²) in [5, 5.41) is 0. The molecule has 0 saturated heterocycles. The largest absolute Gasteiger partial charge is 0.310 e. The minimum absolute atomic E-state index is 0.0794. The maximum Gasteiger partial charge on any atom is 0.0540 e. The summed E-state index contributed by atoms with van der Waals surface area (Å²) in [6, 6.07) is 69.4. The number of anilines is 3. The smallest absolute Gasteiger partial charge is 0.0540 e. The summed E-state index contributed by atoms with van der Waals surface area (Å²) in [6.07, 6.45) is 0. The van der Waals surface area contributed by atoms with Crippen molar-refractivity contribution < 1.29 is 0 Å². The van der Waals surface area contributed by atoms with Gasteiger partial charge in [-0.05, 0) is 103 Å². The zero-order valence-corrected chi connectivity index (χ0v) is 31.8. The van der Waals surface area contributed by atoms with Crippen molar-refractivity contribution in [3.05, 3.63) is 210 Å². The number of para-hydroxylation sites is 1. The molecule has 0 radical (unpaired) electrons. The minimum atomic E-state index is -0.0901. The van der Waals surface area contributed by atoms with Gasteiger partial charge in [-0.15, -0.1) is 0 Å². The fourth-order valence-electron chi connectivity index (χ4n) is 9.64. The Morgan fingerprint density at radius 2 is 0.873 bits per heavy atom. The van der Waals surface area contributed by atoms with Crippen LogP contribution in [0.15, 0.2) is 188 Å². The molecule has 10 rings (SSSR count). The van der Waals surface area contributed by atoms with Crippen LogP contribution in [0.5, 0.6) is 0 Å². The number of hydrogen-bond donors (Lipinski definition) is 0. The van der Waals surface area contributed by atoms with E-state index in [1.165, 1.54) is 77.9 Å². The van der Waals surface area contributed by atoms with E-state index in [0.717, 1.165) is 17.1 Å². The number of hydrogen-bond acceptors (Lipinski definition) is 1. The Morgan fingerprint density at radius 3 is 1.65 bits per heavy atom. The molecule has 0 fully saturated rings. The van der Waals surface area contributed by atoms with Crippen LogP contribution >= 0.6 is 0 Å². The first-order valence-corrected chi connectivity index (χ1v) is 19.4. The van der Waals surface area contributed by atoms with Gasteiger partial charge in [-0.3, -0.25) is 0 Å². The van der Waals surface area contributed by atoms with E-state index in [2.05, 4.69) is 221 Å². The molecular weight excluding hydrogens is 663 g/mol. The van der Waals surface area contributed by atoms with E-state index in [-0.39, 0.29) is 10.8 Å². The second-order valence-corrected chi connectivity index (χ2v) is 16.1. The summed E-state index contributed by atoms with van der Waals surface area (Å²) >= 11 is 0. The molecule has 0 aliphatic heterocycles. The predicted molar refractivity (Wildman–Crippen MR) is 233 cm³/mol. The summed E-state index contributed by atoms with van der Waals surface area (Å²) < 4.78 is 0. The molecule has 0 bridgehead atoms. The molecule has 1 heteroatoms.